The third-order valence-corrected chi connectivity index (χ3v) is 3.04. The zero-order chi connectivity index (χ0) is 11.6. The fourth-order valence-electron chi connectivity index (χ4n) is 1.40. The van der Waals surface area contributed by atoms with Crippen LogP contribution in [0.4, 0.5) is 0 Å². The molecule has 0 N–H and O–H groups in total. The lowest BCUT2D eigenvalue weighted by molar-refractivity contribution is 0.372. The van der Waals surface area contributed by atoms with E-state index in [2.05, 4.69) is 20.8 Å². The Hall–Kier alpha value is 0.0900. The minimum absolute atomic E-state index is 0.0604. The predicted octanol–water partition coefficient (Wildman–Crippen LogP) is 5.71. The van der Waals surface area contributed by atoms with Crippen LogP contribution in [0, 0.1) is 5.41 Å². The van der Waals surface area contributed by atoms with Crippen molar-refractivity contribution in [1.82, 2.24) is 0 Å². The molecule has 0 heterocycles. The van der Waals surface area contributed by atoms with Crippen LogP contribution in [0.1, 0.15) is 38.1 Å². The molecule has 0 nitrogen and oxygen atoms in total. The Labute approximate surface area is 107 Å². The first-order valence-electron chi connectivity index (χ1n) is 4.88. The zero-order valence-corrected chi connectivity index (χ0v) is 11.4. The van der Waals surface area contributed by atoms with Gasteiger partial charge in [0.1, 0.15) is 0 Å². The van der Waals surface area contributed by atoms with E-state index in [0.717, 1.165) is 12.0 Å². The number of benzene rings is 1. The van der Waals surface area contributed by atoms with Gasteiger partial charge in [0, 0.05) is 10.0 Å². The molecule has 0 radical (unpaired) electrons. The maximum Gasteiger partial charge on any atom is 0.0604 e. The molecule has 1 rings (SSSR count). The predicted molar refractivity (Wildman–Crippen MR) is 69.1 cm³/mol. The van der Waals surface area contributed by atoms with Crippen molar-refractivity contribution in [3.05, 3.63) is 33.8 Å². The molecule has 1 unspecified atom stereocenters. The van der Waals surface area contributed by atoms with Gasteiger partial charge < -0.3 is 0 Å². The Morgan fingerprint density at radius 3 is 2.27 bits per heavy atom. The molecule has 0 aromatic heterocycles. The van der Waals surface area contributed by atoms with Crippen molar-refractivity contribution in [3.8, 4) is 0 Å². The number of rotatable bonds is 2. The highest BCUT2D eigenvalue weighted by Crippen LogP contribution is 2.37. The fraction of sp³-hybridized carbons (Fsp3) is 0.500. The Morgan fingerprint density at radius 1 is 1.20 bits per heavy atom. The highest BCUT2D eigenvalue weighted by molar-refractivity contribution is 6.35. The molecular formula is C12H15Cl3. The minimum Gasteiger partial charge on any atom is -0.118 e. The Morgan fingerprint density at radius 2 is 1.80 bits per heavy atom. The van der Waals surface area contributed by atoms with Gasteiger partial charge in [-0.25, -0.2) is 0 Å². The summed E-state index contributed by atoms with van der Waals surface area (Å²) in [6.07, 6.45) is 0.885. The van der Waals surface area contributed by atoms with Gasteiger partial charge in [0.15, 0.2) is 0 Å². The van der Waals surface area contributed by atoms with Gasteiger partial charge in [-0.2, -0.15) is 0 Å². The van der Waals surface area contributed by atoms with E-state index in [-0.39, 0.29) is 10.8 Å². The normalized spacial score (nSPS) is 14.0. The van der Waals surface area contributed by atoms with Gasteiger partial charge in [-0.1, -0.05) is 50.0 Å². The highest BCUT2D eigenvalue weighted by atomic mass is 35.5. The van der Waals surface area contributed by atoms with Crippen molar-refractivity contribution in [2.75, 3.05) is 0 Å². The lowest BCUT2D eigenvalue weighted by Crippen LogP contribution is -2.08. The maximum atomic E-state index is 6.32. The largest absolute Gasteiger partial charge is 0.118 e. The number of halogens is 3. The van der Waals surface area contributed by atoms with E-state index < -0.39 is 0 Å². The number of hydrogen-bond acceptors (Lipinski definition) is 0. The molecule has 15 heavy (non-hydrogen) atoms. The van der Waals surface area contributed by atoms with Crippen LogP contribution in [-0.4, -0.2) is 0 Å². The molecule has 0 aliphatic carbocycles. The first-order chi connectivity index (χ1) is 6.79. The highest BCUT2D eigenvalue weighted by Gasteiger charge is 2.20. The maximum absolute atomic E-state index is 6.32. The summed E-state index contributed by atoms with van der Waals surface area (Å²) in [7, 11) is 0. The van der Waals surface area contributed by atoms with Crippen LogP contribution in [0.15, 0.2) is 18.2 Å². The van der Waals surface area contributed by atoms with Gasteiger partial charge >= 0.3 is 0 Å². The SMILES string of the molecule is CC(C)(C)CC(Cl)c1ccc(Cl)cc1Cl. The summed E-state index contributed by atoms with van der Waals surface area (Å²) >= 11 is 18.2. The summed E-state index contributed by atoms with van der Waals surface area (Å²) in [6.45, 7) is 6.48. The molecule has 1 atom stereocenters. The van der Waals surface area contributed by atoms with Gasteiger partial charge in [0.2, 0.25) is 0 Å². The molecular weight excluding hydrogens is 250 g/mol. The van der Waals surface area contributed by atoms with E-state index in [1.807, 2.05) is 12.1 Å². The van der Waals surface area contributed by atoms with Gasteiger partial charge in [0.25, 0.3) is 0 Å². The molecule has 0 bridgehead atoms. The summed E-state index contributed by atoms with van der Waals surface area (Å²) < 4.78 is 0. The summed E-state index contributed by atoms with van der Waals surface area (Å²) in [6, 6.07) is 5.45. The van der Waals surface area contributed by atoms with E-state index in [1.54, 1.807) is 6.07 Å². The fourth-order valence-corrected chi connectivity index (χ4v) is 2.65. The molecule has 0 amide bonds. The van der Waals surface area contributed by atoms with Crippen molar-refractivity contribution >= 4 is 34.8 Å². The average molecular weight is 266 g/mol. The van der Waals surface area contributed by atoms with Crippen molar-refractivity contribution in [2.24, 2.45) is 5.41 Å². The van der Waals surface area contributed by atoms with Crippen LogP contribution in [0.2, 0.25) is 10.0 Å². The third kappa shape index (κ3) is 4.22. The molecule has 1 aromatic rings. The summed E-state index contributed by atoms with van der Waals surface area (Å²) in [5, 5.41) is 1.23. The van der Waals surface area contributed by atoms with Crippen molar-refractivity contribution < 1.29 is 0 Å². The molecule has 1 aromatic carbocycles. The van der Waals surface area contributed by atoms with Gasteiger partial charge in [-0.3, -0.25) is 0 Å². The summed E-state index contributed by atoms with van der Waals surface area (Å²) in [5.74, 6) is 0. The van der Waals surface area contributed by atoms with Crippen LogP contribution >= 0.6 is 34.8 Å². The molecule has 0 spiro atoms. The van der Waals surface area contributed by atoms with Gasteiger partial charge in [-0.15, -0.1) is 11.6 Å². The van der Waals surface area contributed by atoms with E-state index in [0.29, 0.717) is 10.0 Å². The quantitative estimate of drug-likeness (QED) is 0.601. The lowest BCUT2D eigenvalue weighted by atomic mass is 9.88. The van der Waals surface area contributed by atoms with Crippen LogP contribution in [-0.2, 0) is 0 Å². The van der Waals surface area contributed by atoms with Crippen molar-refractivity contribution in [3.63, 3.8) is 0 Å². The van der Waals surface area contributed by atoms with E-state index in [1.165, 1.54) is 0 Å². The van der Waals surface area contributed by atoms with E-state index in [4.69, 9.17) is 34.8 Å². The molecule has 0 fully saturated rings. The molecule has 0 saturated carbocycles. The molecule has 3 heteroatoms. The van der Waals surface area contributed by atoms with Crippen LogP contribution in [0.3, 0.4) is 0 Å². The minimum atomic E-state index is -0.0604. The van der Waals surface area contributed by atoms with Crippen molar-refractivity contribution in [1.29, 1.82) is 0 Å². The van der Waals surface area contributed by atoms with Crippen LogP contribution in [0.5, 0.6) is 0 Å². The second-order valence-corrected chi connectivity index (χ2v) is 6.27. The molecule has 0 aliphatic heterocycles. The standard InChI is InChI=1S/C12H15Cl3/c1-12(2,3)7-11(15)9-5-4-8(13)6-10(9)14/h4-6,11H,7H2,1-3H3. The first-order valence-corrected chi connectivity index (χ1v) is 6.08. The monoisotopic (exact) mass is 264 g/mol. The summed E-state index contributed by atoms with van der Waals surface area (Å²) in [5.41, 5.74) is 1.15. The van der Waals surface area contributed by atoms with Gasteiger partial charge in [-0.05, 0) is 29.5 Å². The first kappa shape index (κ1) is 13.2. The van der Waals surface area contributed by atoms with Crippen molar-refractivity contribution in [2.45, 2.75) is 32.6 Å². The lowest BCUT2D eigenvalue weighted by Gasteiger charge is -2.22. The Kier molecular flexibility index (Phi) is 4.34. The smallest absolute Gasteiger partial charge is 0.0604 e. The average Bonchev–Trinajstić information content (AvgIpc) is 1.99. The van der Waals surface area contributed by atoms with Gasteiger partial charge in [0.05, 0.1) is 5.38 Å². The van der Waals surface area contributed by atoms with Crippen LogP contribution < -0.4 is 0 Å². The molecule has 0 saturated heterocycles. The third-order valence-electron chi connectivity index (χ3n) is 2.09. The molecule has 84 valence electrons. The second-order valence-electron chi connectivity index (χ2n) is 4.90. The molecule has 0 aliphatic rings. The Bertz CT molecular complexity index is 339. The number of alkyl halides is 1. The Balaban J connectivity index is 2.87. The topological polar surface area (TPSA) is 0 Å². The number of hydrogen-bond donors (Lipinski definition) is 0. The van der Waals surface area contributed by atoms with E-state index >= 15 is 0 Å². The summed E-state index contributed by atoms with van der Waals surface area (Å²) in [4.78, 5) is 0. The second kappa shape index (κ2) is 4.95. The van der Waals surface area contributed by atoms with Crippen LogP contribution in [0.25, 0.3) is 0 Å². The van der Waals surface area contributed by atoms with E-state index in [9.17, 15) is 0 Å². The zero-order valence-electron chi connectivity index (χ0n) is 9.15.